The van der Waals surface area contributed by atoms with E-state index in [0.29, 0.717) is 29.4 Å². The maximum Gasteiger partial charge on any atom is 0.165 e. The predicted octanol–water partition coefficient (Wildman–Crippen LogP) is 2.69. The molecule has 1 aromatic rings. The predicted molar refractivity (Wildman–Crippen MR) is 65.3 cm³/mol. The van der Waals surface area contributed by atoms with Gasteiger partial charge in [0.2, 0.25) is 0 Å². The average Bonchev–Trinajstić information content (AvgIpc) is 2.30. The molecular weight excluding hydrogens is 220 g/mol. The summed E-state index contributed by atoms with van der Waals surface area (Å²) in [5.74, 6) is 1.63. The van der Waals surface area contributed by atoms with Gasteiger partial charge in [0.05, 0.1) is 25.4 Å². The molecule has 94 valence electrons. The molecule has 0 saturated heterocycles. The molecule has 1 rings (SSSR count). The van der Waals surface area contributed by atoms with Gasteiger partial charge in [-0.25, -0.2) is 0 Å². The van der Waals surface area contributed by atoms with Gasteiger partial charge >= 0.3 is 0 Å². The lowest BCUT2D eigenvalue weighted by atomic mass is 10.2. The molecule has 0 aliphatic rings. The highest BCUT2D eigenvalue weighted by Gasteiger charge is 2.13. The minimum Gasteiger partial charge on any atom is -0.496 e. The number of rotatable bonds is 6. The van der Waals surface area contributed by atoms with Crippen LogP contribution < -0.4 is 14.2 Å². The monoisotopic (exact) mass is 238 g/mol. The van der Waals surface area contributed by atoms with E-state index in [1.807, 2.05) is 20.8 Å². The molecule has 0 fully saturated rings. The lowest BCUT2D eigenvalue weighted by molar-refractivity contribution is 0.112. The van der Waals surface area contributed by atoms with Gasteiger partial charge in [-0.2, -0.15) is 0 Å². The summed E-state index contributed by atoms with van der Waals surface area (Å²) in [6.07, 6.45) is 0.765. The summed E-state index contributed by atoms with van der Waals surface area (Å²) in [4.78, 5) is 10.9. The van der Waals surface area contributed by atoms with E-state index in [4.69, 9.17) is 14.2 Å². The number of hydrogen-bond donors (Lipinski definition) is 0. The summed E-state index contributed by atoms with van der Waals surface area (Å²) < 4.78 is 16.2. The van der Waals surface area contributed by atoms with Crippen LogP contribution in [-0.4, -0.2) is 26.1 Å². The normalized spacial score (nSPS) is 10.2. The van der Waals surface area contributed by atoms with E-state index in [1.165, 1.54) is 7.11 Å². The van der Waals surface area contributed by atoms with Crippen molar-refractivity contribution in [3.8, 4) is 17.2 Å². The number of ether oxygens (including phenoxy) is 3. The van der Waals surface area contributed by atoms with Crippen LogP contribution in [0.1, 0.15) is 31.1 Å². The number of hydrogen-bond acceptors (Lipinski definition) is 4. The summed E-state index contributed by atoms with van der Waals surface area (Å²) in [6, 6.07) is 3.31. The Morgan fingerprint density at radius 3 is 2.41 bits per heavy atom. The molecule has 0 aromatic heterocycles. The molecule has 0 unspecified atom stereocenters. The highest BCUT2D eigenvalue weighted by atomic mass is 16.5. The van der Waals surface area contributed by atoms with Gasteiger partial charge in [-0.05, 0) is 26.8 Å². The first-order chi connectivity index (χ1) is 8.12. The van der Waals surface area contributed by atoms with Crippen LogP contribution in [0.15, 0.2) is 12.1 Å². The summed E-state index contributed by atoms with van der Waals surface area (Å²) in [7, 11) is 1.52. The van der Waals surface area contributed by atoms with Crippen LogP contribution >= 0.6 is 0 Å². The van der Waals surface area contributed by atoms with Crippen LogP contribution in [0.25, 0.3) is 0 Å². The van der Waals surface area contributed by atoms with E-state index >= 15 is 0 Å². The fourth-order valence-corrected chi connectivity index (χ4v) is 1.44. The van der Waals surface area contributed by atoms with Gasteiger partial charge in [0, 0.05) is 6.07 Å². The Morgan fingerprint density at radius 1 is 1.24 bits per heavy atom. The van der Waals surface area contributed by atoms with E-state index in [1.54, 1.807) is 12.1 Å². The van der Waals surface area contributed by atoms with E-state index in [-0.39, 0.29) is 6.10 Å². The van der Waals surface area contributed by atoms with Crippen molar-refractivity contribution in [2.75, 3.05) is 13.7 Å². The molecule has 1 aromatic carbocycles. The highest BCUT2D eigenvalue weighted by molar-refractivity contribution is 5.81. The van der Waals surface area contributed by atoms with Crippen molar-refractivity contribution in [3.05, 3.63) is 17.7 Å². The molecule has 0 heterocycles. The SMILES string of the molecule is CCOc1cc(C=O)c(OC)cc1OC(C)C. The summed E-state index contributed by atoms with van der Waals surface area (Å²) in [5, 5.41) is 0. The van der Waals surface area contributed by atoms with Gasteiger partial charge < -0.3 is 14.2 Å². The van der Waals surface area contributed by atoms with E-state index < -0.39 is 0 Å². The van der Waals surface area contributed by atoms with Gasteiger partial charge in [0.15, 0.2) is 17.8 Å². The van der Waals surface area contributed by atoms with Gasteiger partial charge in [-0.1, -0.05) is 0 Å². The molecule has 17 heavy (non-hydrogen) atoms. The second-order valence-electron chi connectivity index (χ2n) is 3.76. The Labute approximate surface area is 101 Å². The van der Waals surface area contributed by atoms with E-state index in [2.05, 4.69) is 0 Å². The third-order valence-electron chi connectivity index (χ3n) is 2.09. The van der Waals surface area contributed by atoms with Gasteiger partial charge in [-0.3, -0.25) is 4.79 Å². The van der Waals surface area contributed by atoms with E-state index in [9.17, 15) is 4.79 Å². The fraction of sp³-hybridized carbons (Fsp3) is 0.462. The maximum atomic E-state index is 10.9. The van der Waals surface area contributed by atoms with Gasteiger partial charge in [0.1, 0.15) is 5.75 Å². The minimum atomic E-state index is 0.0287. The molecule has 0 aliphatic heterocycles. The van der Waals surface area contributed by atoms with Crippen LogP contribution in [0.2, 0.25) is 0 Å². The number of methoxy groups -OCH3 is 1. The Bertz CT molecular complexity index is 385. The summed E-state index contributed by atoms with van der Waals surface area (Å²) in [6.45, 7) is 6.24. The first-order valence-corrected chi connectivity index (χ1v) is 5.59. The molecule has 0 N–H and O–H groups in total. The molecule has 0 bridgehead atoms. The maximum absolute atomic E-state index is 10.9. The molecule has 4 nitrogen and oxygen atoms in total. The van der Waals surface area contributed by atoms with Crippen molar-refractivity contribution < 1.29 is 19.0 Å². The van der Waals surface area contributed by atoms with Crippen LogP contribution in [-0.2, 0) is 0 Å². The first-order valence-electron chi connectivity index (χ1n) is 5.59. The lowest BCUT2D eigenvalue weighted by Crippen LogP contribution is -2.08. The molecule has 0 spiro atoms. The standard InChI is InChI=1S/C13H18O4/c1-5-16-12-6-10(8-14)11(15-4)7-13(12)17-9(2)3/h6-9H,5H2,1-4H3. The summed E-state index contributed by atoms with van der Waals surface area (Å²) in [5.41, 5.74) is 0.451. The zero-order valence-electron chi connectivity index (χ0n) is 10.6. The molecule has 0 amide bonds. The minimum absolute atomic E-state index is 0.0287. The smallest absolute Gasteiger partial charge is 0.165 e. The third-order valence-corrected chi connectivity index (χ3v) is 2.09. The quantitative estimate of drug-likeness (QED) is 0.715. The Kier molecular flexibility index (Phi) is 4.82. The third kappa shape index (κ3) is 3.37. The number of benzene rings is 1. The van der Waals surface area contributed by atoms with Crippen LogP contribution in [0, 0.1) is 0 Å². The zero-order valence-corrected chi connectivity index (χ0v) is 10.6. The Hall–Kier alpha value is -1.71. The number of aldehydes is 1. The van der Waals surface area contributed by atoms with Crippen LogP contribution in [0.4, 0.5) is 0 Å². The molecule has 0 saturated carbocycles. The zero-order chi connectivity index (χ0) is 12.8. The number of carbonyl (C=O) groups excluding carboxylic acids is 1. The average molecular weight is 238 g/mol. The van der Waals surface area contributed by atoms with Crippen molar-refractivity contribution in [2.24, 2.45) is 0 Å². The second kappa shape index (κ2) is 6.13. The summed E-state index contributed by atoms with van der Waals surface area (Å²) >= 11 is 0. The van der Waals surface area contributed by atoms with Crippen LogP contribution in [0.5, 0.6) is 17.2 Å². The van der Waals surface area contributed by atoms with Gasteiger partial charge in [-0.15, -0.1) is 0 Å². The van der Waals surface area contributed by atoms with Crippen molar-refractivity contribution in [2.45, 2.75) is 26.9 Å². The second-order valence-corrected chi connectivity index (χ2v) is 3.76. The Morgan fingerprint density at radius 2 is 1.94 bits per heavy atom. The molecule has 4 heteroatoms. The number of carbonyl (C=O) groups is 1. The Balaban J connectivity index is 3.19. The topological polar surface area (TPSA) is 44.8 Å². The van der Waals surface area contributed by atoms with Crippen molar-refractivity contribution in [3.63, 3.8) is 0 Å². The van der Waals surface area contributed by atoms with Crippen molar-refractivity contribution >= 4 is 6.29 Å². The first kappa shape index (κ1) is 13.4. The molecule has 0 radical (unpaired) electrons. The lowest BCUT2D eigenvalue weighted by Gasteiger charge is -2.16. The fourth-order valence-electron chi connectivity index (χ4n) is 1.44. The van der Waals surface area contributed by atoms with Crippen molar-refractivity contribution in [1.29, 1.82) is 0 Å². The molecule has 0 atom stereocenters. The molecular formula is C13H18O4. The highest BCUT2D eigenvalue weighted by Crippen LogP contribution is 2.34. The van der Waals surface area contributed by atoms with Crippen molar-refractivity contribution in [1.82, 2.24) is 0 Å². The van der Waals surface area contributed by atoms with E-state index in [0.717, 1.165) is 6.29 Å². The largest absolute Gasteiger partial charge is 0.496 e. The molecule has 0 aliphatic carbocycles. The van der Waals surface area contributed by atoms with Crippen LogP contribution in [0.3, 0.4) is 0 Å². The van der Waals surface area contributed by atoms with Gasteiger partial charge in [0.25, 0.3) is 0 Å².